The molecular weight excluding hydrogens is 388 g/mol. The maximum absolute atomic E-state index is 12.6. The Morgan fingerprint density at radius 1 is 0.935 bits per heavy atom. The van der Waals surface area contributed by atoms with Gasteiger partial charge in [0.25, 0.3) is 0 Å². The van der Waals surface area contributed by atoms with Crippen LogP contribution in [0.5, 0.6) is 0 Å². The molecule has 2 fully saturated rings. The number of para-hydroxylation sites is 1. The van der Waals surface area contributed by atoms with Crippen LogP contribution in [-0.4, -0.2) is 63.8 Å². The number of nitrogens with one attached hydrogen (secondary N) is 1. The minimum Gasteiger partial charge on any atom is -0.378 e. The highest BCUT2D eigenvalue weighted by Gasteiger charge is 2.16. The Morgan fingerprint density at radius 3 is 2.39 bits per heavy atom. The summed E-state index contributed by atoms with van der Waals surface area (Å²) in [5, 5.41) is 3.04. The Bertz CT molecular complexity index is 843. The monoisotopic (exact) mass is 422 g/mol. The SMILES string of the molecule is CN(CC(=O)Nc1ccc(N2CCCCC2)cc1)Cc1ccccc1N1CCOCC1. The summed E-state index contributed by atoms with van der Waals surface area (Å²) in [6, 6.07) is 16.7. The van der Waals surface area contributed by atoms with E-state index < -0.39 is 0 Å². The summed E-state index contributed by atoms with van der Waals surface area (Å²) in [6.07, 6.45) is 3.86. The molecule has 2 aromatic rings. The Balaban J connectivity index is 1.30. The second-order valence-electron chi connectivity index (χ2n) is 8.54. The maximum atomic E-state index is 12.6. The smallest absolute Gasteiger partial charge is 0.238 e. The van der Waals surface area contributed by atoms with Crippen molar-refractivity contribution in [3.8, 4) is 0 Å². The molecule has 0 saturated carbocycles. The number of rotatable bonds is 7. The van der Waals surface area contributed by atoms with Crippen LogP contribution in [-0.2, 0) is 16.1 Å². The molecular formula is C25H34N4O2. The van der Waals surface area contributed by atoms with E-state index in [0.29, 0.717) is 6.54 Å². The molecule has 0 radical (unpaired) electrons. The third-order valence-electron chi connectivity index (χ3n) is 6.07. The molecule has 0 atom stereocenters. The molecule has 2 aromatic carbocycles. The number of anilines is 3. The largest absolute Gasteiger partial charge is 0.378 e. The first-order chi connectivity index (χ1) is 15.2. The molecule has 4 rings (SSSR count). The Kier molecular flexibility index (Phi) is 7.43. The van der Waals surface area contributed by atoms with Crippen LogP contribution >= 0.6 is 0 Å². The van der Waals surface area contributed by atoms with Gasteiger partial charge in [-0.25, -0.2) is 0 Å². The molecule has 166 valence electrons. The van der Waals surface area contributed by atoms with Crippen LogP contribution in [0.1, 0.15) is 24.8 Å². The highest BCUT2D eigenvalue weighted by molar-refractivity contribution is 5.92. The molecule has 1 amide bonds. The second kappa shape index (κ2) is 10.6. The van der Waals surface area contributed by atoms with E-state index in [0.717, 1.165) is 51.6 Å². The van der Waals surface area contributed by atoms with Crippen LogP contribution < -0.4 is 15.1 Å². The fourth-order valence-corrected chi connectivity index (χ4v) is 4.46. The summed E-state index contributed by atoms with van der Waals surface area (Å²) >= 11 is 0. The van der Waals surface area contributed by atoms with Crippen LogP contribution in [0.25, 0.3) is 0 Å². The molecule has 1 N–H and O–H groups in total. The predicted molar refractivity (Wildman–Crippen MR) is 127 cm³/mol. The van der Waals surface area contributed by atoms with E-state index in [9.17, 15) is 4.79 Å². The summed E-state index contributed by atoms with van der Waals surface area (Å²) in [5.41, 5.74) is 4.58. The normalized spacial score (nSPS) is 17.1. The van der Waals surface area contributed by atoms with E-state index in [1.165, 1.54) is 36.2 Å². The van der Waals surface area contributed by atoms with Crippen molar-refractivity contribution in [2.45, 2.75) is 25.8 Å². The topological polar surface area (TPSA) is 48.1 Å². The average molecular weight is 423 g/mol. The summed E-state index contributed by atoms with van der Waals surface area (Å²) in [6.45, 7) is 6.69. The number of amides is 1. The molecule has 0 unspecified atom stereocenters. The fraction of sp³-hybridized carbons (Fsp3) is 0.480. The zero-order valence-electron chi connectivity index (χ0n) is 18.6. The molecule has 2 saturated heterocycles. The van der Waals surface area contributed by atoms with Crippen molar-refractivity contribution in [1.82, 2.24) is 4.90 Å². The summed E-state index contributed by atoms with van der Waals surface area (Å²) < 4.78 is 5.49. The number of carbonyl (C=O) groups is 1. The van der Waals surface area contributed by atoms with E-state index >= 15 is 0 Å². The van der Waals surface area contributed by atoms with Crippen LogP contribution in [0.2, 0.25) is 0 Å². The molecule has 2 heterocycles. The van der Waals surface area contributed by atoms with Crippen LogP contribution in [0, 0.1) is 0 Å². The van der Waals surface area contributed by atoms with Crippen molar-refractivity contribution < 1.29 is 9.53 Å². The van der Waals surface area contributed by atoms with Gasteiger partial charge in [-0.1, -0.05) is 18.2 Å². The number of benzene rings is 2. The molecule has 0 spiro atoms. The first-order valence-electron chi connectivity index (χ1n) is 11.4. The minimum atomic E-state index is 0.0112. The second-order valence-corrected chi connectivity index (χ2v) is 8.54. The Hall–Kier alpha value is -2.57. The third kappa shape index (κ3) is 5.99. The number of hydrogen-bond acceptors (Lipinski definition) is 5. The predicted octanol–water partition coefficient (Wildman–Crippen LogP) is 3.58. The van der Waals surface area contributed by atoms with Gasteiger partial charge < -0.3 is 19.9 Å². The van der Waals surface area contributed by atoms with Gasteiger partial charge in [-0.05, 0) is 62.2 Å². The van der Waals surface area contributed by atoms with Gasteiger partial charge >= 0.3 is 0 Å². The quantitative estimate of drug-likeness (QED) is 0.739. The number of likely N-dealkylation sites (N-methyl/N-ethyl adjacent to an activating group) is 1. The molecule has 0 bridgehead atoms. The maximum Gasteiger partial charge on any atom is 0.238 e. The zero-order valence-corrected chi connectivity index (χ0v) is 18.6. The van der Waals surface area contributed by atoms with Crippen LogP contribution in [0.15, 0.2) is 48.5 Å². The van der Waals surface area contributed by atoms with Gasteiger partial charge in [-0.2, -0.15) is 0 Å². The van der Waals surface area contributed by atoms with Crippen molar-refractivity contribution in [2.24, 2.45) is 0 Å². The van der Waals surface area contributed by atoms with Gasteiger partial charge in [0, 0.05) is 49.8 Å². The van der Waals surface area contributed by atoms with E-state index in [1.807, 2.05) is 19.2 Å². The minimum absolute atomic E-state index is 0.0112. The average Bonchev–Trinajstić information content (AvgIpc) is 2.81. The number of ether oxygens (including phenoxy) is 1. The lowest BCUT2D eigenvalue weighted by atomic mass is 10.1. The standard InChI is InChI=1S/C25H34N4O2/c1-27(19-21-7-3-4-8-24(21)29-15-17-31-18-16-29)20-25(30)26-22-9-11-23(12-10-22)28-13-5-2-6-14-28/h3-4,7-12H,2,5-6,13-20H2,1H3,(H,26,30). The zero-order chi connectivity index (χ0) is 21.5. The lowest BCUT2D eigenvalue weighted by Gasteiger charge is -2.31. The molecule has 2 aliphatic heterocycles. The molecule has 6 heteroatoms. The molecule has 2 aliphatic rings. The lowest BCUT2D eigenvalue weighted by molar-refractivity contribution is -0.117. The highest BCUT2D eigenvalue weighted by atomic mass is 16.5. The number of nitrogens with zero attached hydrogens (tertiary/aromatic N) is 3. The third-order valence-corrected chi connectivity index (χ3v) is 6.07. The first-order valence-corrected chi connectivity index (χ1v) is 11.4. The Morgan fingerprint density at radius 2 is 1.65 bits per heavy atom. The van der Waals surface area contributed by atoms with Gasteiger partial charge in [-0.3, -0.25) is 9.69 Å². The van der Waals surface area contributed by atoms with Crippen molar-refractivity contribution in [3.63, 3.8) is 0 Å². The highest BCUT2D eigenvalue weighted by Crippen LogP contribution is 2.23. The van der Waals surface area contributed by atoms with Crippen LogP contribution in [0.3, 0.4) is 0 Å². The van der Waals surface area contributed by atoms with Gasteiger partial charge in [-0.15, -0.1) is 0 Å². The molecule has 6 nitrogen and oxygen atoms in total. The number of hydrogen-bond donors (Lipinski definition) is 1. The lowest BCUT2D eigenvalue weighted by Crippen LogP contribution is -2.37. The van der Waals surface area contributed by atoms with Gasteiger partial charge in [0.2, 0.25) is 5.91 Å². The van der Waals surface area contributed by atoms with Gasteiger partial charge in [0.05, 0.1) is 19.8 Å². The Labute approximate surface area is 185 Å². The fourth-order valence-electron chi connectivity index (χ4n) is 4.46. The van der Waals surface area contributed by atoms with Crippen molar-refractivity contribution >= 4 is 23.0 Å². The number of piperidine rings is 1. The van der Waals surface area contributed by atoms with Crippen molar-refractivity contribution in [2.75, 3.05) is 68.1 Å². The number of morpholine rings is 1. The van der Waals surface area contributed by atoms with E-state index in [4.69, 9.17) is 4.74 Å². The van der Waals surface area contributed by atoms with Crippen molar-refractivity contribution in [1.29, 1.82) is 0 Å². The van der Waals surface area contributed by atoms with E-state index in [1.54, 1.807) is 0 Å². The molecule has 31 heavy (non-hydrogen) atoms. The molecule has 0 aromatic heterocycles. The van der Waals surface area contributed by atoms with Gasteiger partial charge in [0.1, 0.15) is 0 Å². The van der Waals surface area contributed by atoms with Gasteiger partial charge in [0.15, 0.2) is 0 Å². The summed E-state index contributed by atoms with van der Waals surface area (Å²) in [7, 11) is 2.00. The molecule has 0 aliphatic carbocycles. The summed E-state index contributed by atoms with van der Waals surface area (Å²) in [5.74, 6) is 0.0112. The first kappa shape index (κ1) is 21.7. The van der Waals surface area contributed by atoms with E-state index in [-0.39, 0.29) is 5.91 Å². The van der Waals surface area contributed by atoms with Crippen molar-refractivity contribution in [3.05, 3.63) is 54.1 Å². The van der Waals surface area contributed by atoms with E-state index in [2.05, 4.69) is 56.4 Å². The van der Waals surface area contributed by atoms with Crippen LogP contribution in [0.4, 0.5) is 17.1 Å². The number of carbonyl (C=O) groups excluding carboxylic acids is 1. The summed E-state index contributed by atoms with van der Waals surface area (Å²) in [4.78, 5) is 19.5.